The molecule has 0 heterocycles. The molecule has 0 amide bonds. The van der Waals surface area contributed by atoms with E-state index in [0.29, 0.717) is 12.3 Å². The lowest BCUT2D eigenvalue weighted by Gasteiger charge is -2.13. The van der Waals surface area contributed by atoms with Gasteiger partial charge in [-0.25, -0.2) is 9.59 Å². The number of aliphatic carboxylic acids is 1. The van der Waals surface area contributed by atoms with Crippen LogP contribution in [0.25, 0.3) is 0 Å². The third kappa shape index (κ3) is 5.34. The lowest BCUT2D eigenvalue weighted by molar-refractivity contribution is -0.170. The van der Waals surface area contributed by atoms with Crippen molar-refractivity contribution in [3.8, 4) is 0 Å². The van der Waals surface area contributed by atoms with Crippen LogP contribution in [0.2, 0.25) is 0 Å². The van der Waals surface area contributed by atoms with E-state index in [2.05, 4.69) is 4.74 Å². The van der Waals surface area contributed by atoms with Gasteiger partial charge in [0, 0.05) is 0 Å². The van der Waals surface area contributed by atoms with Crippen LogP contribution >= 0.6 is 0 Å². The largest absolute Gasteiger partial charge is 0.479 e. The molecule has 0 aromatic rings. The van der Waals surface area contributed by atoms with Gasteiger partial charge in [0.2, 0.25) is 0 Å². The molecule has 0 aliphatic carbocycles. The van der Waals surface area contributed by atoms with Crippen LogP contribution in [0.4, 0.5) is 0 Å². The van der Waals surface area contributed by atoms with Gasteiger partial charge in [-0.15, -0.1) is 0 Å². The van der Waals surface area contributed by atoms with E-state index in [9.17, 15) is 9.59 Å². The molecule has 0 unspecified atom stereocenters. The first kappa shape index (κ1) is 13.9. The second-order valence-corrected chi connectivity index (χ2v) is 3.58. The molecule has 0 radical (unpaired) electrons. The number of carboxylic acids is 1. The molecular weight excluding hydrogens is 204 g/mol. The summed E-state index contributed by atoms with van der Waals surface area (Å²) >= 11 is 0. The Bertz CT molecular complexity index is 225. The minimum atomic E-state index is -2.14. The highest BCUT2D eigenvalue weighted by molar-refractivity contribution is 5.84. The quantitative estimate of drug-likeness (QED) is 0.515. The second kappa shape index (κ2) is 6.36. The van der Waals surface area contributed by atoms with Crippen molar-refractivity contribution in [2.75, 3.05) is 6.61 Å². The number of carbonyl (C=O) groups is 2. The van der Waals surface area contributed by atoms with Crippen LogP contribution in [-0.4, -0.2) is 46.1 Å². The number of carboxylic acid groups (broad SMARTS) is 1. The summed E-state index contributed by atoms with van der Waals surface area (Å²) in [6.45, 7) is 3.95. The summed E-state index contributed by atoms with van der Waals surface area (Å²) in [5.74, 6) is -2.45. The number of rotatable bonds is 6. The Morgan fingerprint density at radius 1 is 1.20 bits per heavy atom. The molecule has 3 N–H and O–H groups in total. The fourth-order valence-corrected chi connectivity index (χ4v) is 0.745. The number of carbonyl (C=O) groups excluding carboxylic acids is 1. The highest BCUT2D eigenvalue weighted by atomic mass is 16.5. The first-order valence-corrected chi connectivity index (χ1v) is 4.61. The lowest BCUT2D eigenvalue weighted by atomic mass is 10.1. The van der Waals surface area contributed by atoms with Crippen LogP contribution in [0, 0.1) is 5.92 Å². The number of hydrogen-bond donors (Lipinski definition) is 3. The van der Waals surface area contributed by atoms with Crippen molar-refractivity contribution < 1.29 is 29.6 Å². The fourth-order valence-electron chi connectivity index (χ4n) is 0.745. The standard InChI is InChI=1S/C9H16O6/c1-5(2)3-4-15-9(14)7(11)6(10)8(12)13/h5-7,10-11H,3-4H2,1-2H3,(H,12,13)/t6-,7-/m0/s1. The predicted molar refractivity (Wildman–Crippen MR) is 50.1 cm³/mol. The van der Waals surface area contributed by atoms with E-state index in [1.807, 2.05) is 13.8 Å². The minimum absolute atomic E-state index is 0.0971. The first-order valence-electron chi connectivity index (χ1n) is 4.61. The Labute approximate surface area is 87.5 Å². The predicted octanol–water partition coefficient (Wildman–Crippen LogP) is -0.618. The van der Waals surface area contributed by atoms with E-state index in [1.165, 1.54) is 0 Å². The van der Waals surface area contributed by atoms with Gasteiger partial charge in [0.25, 0.3) is 0 Å². The number of esters is 1. The number of hydrogen-bond acceptors (Lipinski definition) is 5. The van der Waals surface area contributed by atoms with Crippen LogP contribution in [0.5, 0.6) is 0 Å². The van der Waals surface area contributed by atoms with Gasteiger partial charge in [-0.3, -0.25) is 0 Å². The monoisotopic (exact) mass is 220 g/mol. The van der Waals surface area contributed by atoms with Crippen molar-refractivity contribution in [1.29, 1.82) is 0 Å². The molecule has 0 saturated heterocycles. The van der Waals surface area contributed by atoms with E-state index in [1.54, 1.807) is 0 Å². The second-order valence-electron chi connectivity index (χ2n) is 3.58. The van der Waals surface area contributed by atoms with E-state index < -0.39 is 24.1 Å². The molecule has 6 nitrogen and oxygen atoms in total. The molecule has 0 aromatic heterocycles. The zero-order valence-corrected chi connectivity index (χ0v) is 8.71. The average Bonchev–Trinajstić information content (AvgIpc) is 2.14. The molecule has 0 rings (SSSR count). The van der Waals surface area contributed by atoms with Gasteiger partial charge in [-0.2, -0.15) is 0 Å². The molecule has 0 spiro atoms. The zero-order valence-electron chi connectivity index (χ0n) is 8.71. The maximum absolute atomic E-state index is 11.0. The van der Waals surface area contributed by atoms with Gasteiger partial charge in [-0.05, 0) is 12.3 Å². The van der Waals surface area contributed by atoms with Gasteiger partial charge in [-0.1, -0.05) is 13.8 Å². The molecular formula is C9H16O6. The Morgan fingerprint density at radius 2 is 1.73 bits per heavy atom. The summed E-state index contributed by atoms with van der Waals surface area (Å²) in [5, 5.41) is 26.1. The third-order valence-corrected chi connectivity index (χ3v) is 1.73. The summed E-state index contributed by atoms with van der Waals surface area (Å²) < 4.78 is 4.57. The van der Waals surface area contributed by atoms with Crippen LogP contribution in [0.15, 0.2) is 0 Å². The van der Waals surface area contributed by atoms with Crippen LogP contribution in [-0.2, 0) is 14.3 Å². The number of aliphatic hydroxyl groups is 2. The molecule has 0 bridgehead atoms. The minimum Gasteiger partial charge on any atom is -0.479 e. The van der Waals surface area contributed by atoms with Gasteiger partial charge < -0.3 is 20.1 Å². The molecule has 2 atom stereocenters. The summed E-state index contributed by atoms with van der Waals surface area (Å²) in [6.07, 6.45) is -3.56. The summed E-state index contributed by atoms with van der Waals surface area (Å²) in [4.78, 5) is 21.2. The Kier molecular flexibility index (Phi) is 5.88. The van der Waals surface area contributed by atoms with Crippen molar-refractivity contribution in [3.63, 3.8) is 0 Å². The molecule has 0 aromatic carbocycles. The third-order valence-electron chi connectivity index (χ3n) is 1.73. The Morgan fingerprint density at radius 3 is 2.13 bits per heavy atom. The van der Waals surface area contributed by atoms with E-state index in [4.69, 9.17) is 15.3 Å². The maximum atomic E-state index is 11.0. The van der Waals surface area contributed by atoms with Crippen molar-refractivity contribution >= 4 is 11.9 Å². The van der Waals surface area contributed by atoms with Crippen LogP contribution in [0.3, 0.4) is 0 Å². The van der Waals surface area contributed by atoms with Crippen LogP contribution < -0.4 is 0 Å². The Hall–Kier alpha value is -1.14. The van der Waals surface area contributed by atoms with E-state index >= 15 is 0 Å². The molecule has 15 heavy (non-hydrogen) atoms. The van der Waals surface area contributed by atoms with Crippen molar-refractivity contribution in [1.82, 2.24) is 0 Å². The maximum Gasteiger partial charge on any atom is 0.338 e. The van der Waals surface area contributed by atoms with Gasteiger partial charge in [0.15, 0.2) is 12.2 Å². The SMILES string of the molecule is CC(C)CCOC(=O)[C@@H](O)[C@H](O)C(=O)O. The van der Waals surface area contributed by atoms with Gasteiger partial charge >= 0.3 is 11.9 Å². The summed E-state index contributed by atoms with van der Waals surface area (Å²) in [7, 11) is 0. The average molecular weight is 220 g/mol. The Balaban J connectivity index is 3.94. The van der Waals surface area contributed by atoms with Gasteiger partial charge in [0.05, 0.1) is 6.61 Å². The lowest BCUT2D eigenvalue weighted by Crippen LogP contribution is -2.40. The van der Waals surface area contributed by atoms with Crippen LogP contribution in [0.1, 0.15) is 20.3 Å². The summed E-state index contributed by atoms with van der Waals surface area (Å²) in [6, 6.07) is 0. The summed E-state index contributed by atoms with van der Waals surface area (Å²) in [5.41, 5.74) is 0. The molecule has 0 saturated carbocycles. The zero-order chi connectivity index (χ0) is 12.0. The van der Waals surface area contributed by atoms with Gasteiger partial charge in [0.1, 0.15) is 0 Å². The molecule has 88 valence electrons. The highest BCUT2D eigenvalue weighted by Gasteiger charge is 2.31. The van der Waals surface area contributed by atoms with E-state index in [-0.39, 0.29) is 6.61 Å². The smallest absolute Gasteiger partial charge is 0.338 e. The molecule has 0 fully saturated rings. The first-order chi connectivity index (χ1) is 6.86. The fraction of sp³-hybridized carbons (Fsp3) is 0.778. The highest BCUT2D eigenvalue weighted by Crippen LogP contribution is 2.02. The number of aliphatic hydroxyl groups excluding tert-OH is 2. The normalized spacial score (nSPS) is 14.7. The van der Waals surface area contributed by atoms with Crippen molar-refractivity contribution in [2.45, 2.75) is 32.5 Å². The number of ether oxygens (including phenoxy) is 1. The van der Waals surface area contributed by atoms with Crippen molar-refractivity contribution in [2.24, 2.45) is 5.92 Å². The van der Waals surface area contributed by atoms with E-state index in [0.717, 1.165) is 0 Å². The molecule has 0 aliphatic rings. The molecule has 0 aliphatic heterocycles. The topological polar surface area (TPSA) is 104 Å². The van der Waals surface area contributed by atoms with Crippen molar-refractivity contribution in [3.05, 3.63) is 0 Å². The molecule has 6 heteroatoms.